The van der Waals surface area contributed by atoms with Gasteiger partial charge in [0.15, 0.2) is 0 Å². The molecule has 0 amide bonds. The van der Waals surface area contributed by atoms with E-state index in [4.69, 9.17) is 0 Å². The second-order valence-electron chi connectivity index (χ2n) is 5.58. The summed E-state index contributed by atoms with van der Waals surface area (Å²) in [6.45, 7) is 1.60. The van der Waals surface area contributed by atoms with Gasteiger partial charge in [-0.3, -0.25) is 0 Å². The SMILES string of the molecule is OC1CCN(c2ncc(-c3cn4ccccc4n3)cn2)CC1. The summed E-state index contributed by atoms with van der Waals surface area (Å²) in [5, 5.41) is 9.56. The zero-order chi connectivity index (χ0) is 14.9. The van der Waals surface area contributed by atoms with Crippen LogP contribution in [-0.2, 0) is 0 Å². The van der Waals surface area contributed by atoms with Gasteiger partial charge in [0.2, 0.25) is 5.95 Å². The zero-order valence-corrected chi connectivity index (χ0v) is 12.1. The molecule has 3 aromatic rings. The molecule has 22 heavy (non-hydrogen) atoms. The summed E-state index contributed by atoms with van der Waals surface area (Å²) in [4.78, 5) is 15.6. The molecule has 3 aromatic heterocycles. The smallest absolute Gasteiger partial charge is 0.225 e. The van der Waals surface area contributed by atoms with Crippen molar-refractivity contribution in [2.75, 3.05) is 18.0 Å². The number of hydrogen-bond acceptors (Lipinski definition) is 5. The van der Waals surface area contributed by atoms with Crippen molar-refractivity contribution in [2.45, 2.75) is 18.9 Å². The Morgan fingerprint density at radius 2 is 1.86 bits per heavy atom. The fourth-order valence-corrected chi connectivity index (χ4v) is 2.76. The lowest BCUT2D eigenvalue weighted by Gasteiger charge is -2.29. The quantitative estimate of drug-likeness (QED) is 0.780. The number of piperidine rings is 1. The van der Waals surface area contributed by atoms with Crippen molar-refractivity contribution in [3.05, 3.63) is 43.0 Å². The molecule has 6 nitrogen and oxygen atoms in total. The standard InChI is InChI=1S/C16H17N5O/c22-13-4-7-20(8-5-13)16-17-9-12(10-18-16)14-11-21-6-2-1-3-15(21)19-14/h1-3,6,9-11,13,22H,4-5,7-8H2. The Labute approximate surface area is 128 Å². The summed E-state index contributed by atoms with van der Waals surface area (Å²) in [5.74, 6) is 0.722. The fourth-order valence-electron chi connectivity index (χ4n) is 2.76. The van der Waals surface area contributed by atoms with Gasteiger partial charge < -0.3 is 14.4 Å². The van der Waals surface area contributed by atoms with Crippen molar-refractivity contribution in [3.8, 4) is 11.3 Å². The molecule has 112 valence electrons. The molecule has 1 fully saturated rings. The van der Waals surface area contributed by atoms with Gasteiger partial charge in [-0.2, -0.15) is 0 Å². The van der Waals surface area contributed by atoms with Crippen LogP contribution in [0.3, 0.4) is 0 Å². The van der Waals surface area contributed by atoms with Gasteiger partial charge in [0, 0.05) is 43.4 Å². The number of aromatic nitrogens is 4. The van der Waals surface area contributed by atoms with Gasteiger partial charge >= 0.3 is 0 Å². The summed E-state index contributed by atoms with van der Waals surface area (Å²) >= 11 is 0. The predicted molar refractivity (Wildman–Crippen MR) is 83.7 cm³/mol. The molecular weight excluding hydrogens is 278 g/mol. The first-order chi connectivity index (χ1) is 10.8. The van der Waals surface area contributed by atoms with Gasteiger partial charge in [-0.1, -0.05) is 6.07 Å². The Morgan fingerprint density at radius 1 is 1.09 bits per heavy atom. The van der Waals surface area contributed by atoms with E-state index < -0.39 is 0 Å². The molecule has 1 aliphatic rings. The summed E-state index contributed by atoms with van der Waals surface area (Å²) in [6, 6.07) is 5.91. The Morgan fingerprint density at radius 3 is 2.59 bits per heavy atom. The van der Waals surface area contributed by atoms with Crippen LogP contribution in [0.1, 0.15) is 12.8 Å². The molecule has 6 heteroatoms. The fraction of sp³-hybridized carbons (Fsp3) is 0.312. The molecule has 0 aromatic carbocycles. The Bertz CT molecular complexity index is 742. The molecule has 0 unspecified atom stereocenters. The molecule has 0 atom stereocenters. The highest BCUT2D eigenvalue weighted by atomic mass is 16.3. The van der Waals surface area contributed by atoms with Crippen molar-refractivity contribution in [1.29, 1.82) is 0 Å². The van der Waals surface area contributed by atoms with Crippen LogP contribution >= 0.6 is 0 Å². The highest BCUT2D eigenvalue weighted by Gasteiger charge is 2.19. The van der Waals surface area contributed by atoms with Crippen LogP contribution in [0.25, 0.3) is 16.9 Å². The van der Waals surface area contributed by atoms with Gasteiger partial charge in [-0.05, 0) is 25.0 Å². The summed E-state index contributed by atoms with van der Waals surface area (Å²) in [6.07, 6.45) is 8.94. The van der Waals surface area contributed by atoms with Crippen LogP contribution < -0.4 is 4.90 Å². The summed E-state index contributed by atoms with van der Waals surface area (Å²) in [5.41, 5.74) is 2.68. The molecule has 4 rings (SSSR count). The minimum Gasteiger partial charge on any atom is -0.393 e. The molecule has 4 heterocycles. The van der Waals surface area contributed by atoms with Gasteiger partial charge in [-0.15, -0.1) is 0 Å². The van der Waals surface area contributed by atoms with E-state index in [1.165, 1.54) is 0 Å². The van der Waals surface area contributed by atoms with E-state index in [-0.39, 0.29) is 6.10 Å². The molecule has 0 bridgehead atoms. The molecular formula is C16H17N5O. The number of nitrogens with zero attached hydrogens (tertiary/aromatic N) is 5. The molecule has 0 radical (unpaired) electrons. The molecule has 0 saturated carbocycles. The number of aliphatic hydroxyl groups excluding tert-OH is 1. The predicted octanol–water partition coefficient (Wildman–Crippen LogP) is 1.75. The summed E-state index contributed by atoms with van der Waals surface area (Å²) in [7, 11) is 0. The first-order valence-corrected chi connectivity index (χ1v) is 7.49. The number of aliphatic hydroxyl groups is 1. The number of imidazole rings is 1. The maximum Gasteiger partial charge on any atom is 0.225 e. The maximum absolute atomic E-state index is 9.56. The van der Waals surface area contributed by atoms with E-state index in [1.54, 1.807) is 0 Å². The molecule has 1 aliphatic heterocycles. The minimum atomic E-state index is -0.187. The van der Waals surface area contributed by atoms with Crippen LogP contribution in [0.5, 0.6) is 0 Å². The topological polar surface area (TPSA) is 66.5 Å². The first kappa shape index (κ1) is 13.2. The van der Waals surface area contributed by atoms with Crippen molar-refractivity contribution >= 4 is 11.6 Å². The lowest BCUT2D eigenvalue weighted by Crippen LogP contribution is -2.36. The largest absolute Gasteiger partial charge is 0.393 e. The van der Waals surface area contributed by atoms with E-state index in [9.17, 15) is 5.11 Å². The van der Waals surface area contributed by atoms with Crippen molar-refractivity contribution in [3.63, 3.8) is 0 Å². The van der Waals surface area contributed by atoms with Gasteiger partial charge in [0.05, 0.1) is 11.8 Å². The Balaban J connectivity index is 1.58. The number of fused-ring (bicyclic) bond motifs is 1. The number of anilines is 1. The van der Waals surface area contributed by atoms with Crippen LogP contribution in [-0.4, -0.2) is 43.7 Å². The van der Waals surface area contributed by atoms with Gasteiger partial charge in [0.25, 0.3) is 0 Å². The van der Waals surface area contributed by atoms with Gasteiger partial charge in [-0.25, -0.2) is 15.0 Å². The van der Waals surface area contributed by atoms with Crippen molar-refractivity contribution < 1.29 is 5.11 Å². The third kappa shape index (κ3) is 2.42. The van der Waals surface area contributed by atoms with E-state index in [2.05, 4.69) is 19.9 Å². The highest BCUT2D eigenvalue weighted by molar-refractivity contribution is 5.61. The third-order valence-corrected chi connectivity index (χ3v) is 4.05. The van der Waals surface area contributed by atoms with Crippen LogP contribution in [0.2, 0.25) is 0 Å². The van der Waals surface area contributed by atoms with E-state index in [0.29, 0.717) is 0 Å². The molecule has 1 N–H and O–H groups in total. The molecule has 0 spiro atoms. The van der Waals surface area contributed by atoms with E-state index in [0.717, 1.165) is 48.8 Å². The third-order valence-electron chi connectivity index (χ3n) is 4.05. The normalized spacial score (nSPS) is 16.3. The number of rotatable bonds is 2. The summed E-state index contributed by atoms with van der Waals surface area (Å²) < 4.78 is 1.98. The van der Waals surface area contributed by atoms with Crippen LogP contribution in [0.15, 0.2) is 43.0 Å². The maximum atomic E-state index is 9.56. The average molecular weight is 295 g/mol. The van der Waals surface area contributed by atoms with Gasteiger partial charge in [0.1, 0.15) is 5.65 Å². The van der Waals surface area contributed by atoms with E-state index in [1.807, 2.05) is 47.4 Å². The monoisotopic (exact) mass is 295 g/mol. The zero-order valence-electron chi connectivity index (χ0n) is 12.1. The second-order valence-corrected chi connectivity index (χ2v) is 5.58. The lowest BCUT2D eigenvalue weighted by molar-refractivity contribution is 0.145. The second kappa shape index (κ2) is 5.38. The minimum absolute atomic E-state index is 0.187. The Kier molecular flexibility index (Phi) is 3.23. The molecule has 1 saturated heterocycles. The Hall–Kier alpha value is -2.47. The van der Waals surface area contributed by atoms with Crippen LogP contribution in [0, 0.1) is 0 Å². The molecule has 0 aliphatic carbocycles. The van der Waals surface area contributed by atoms with E-state index >= 15 is 0 Å². The lowest BCUT2D eigenvalue weighted by atomic mass is 10.1. The van der Waals surface area contributed by atoms with Crippen molar-refractivity contribution in [1.82, 2.24) is 19.4 Å². The number of hydrogen-bond donors (Lipinski definition) is 1. The number of pyridine rings is 1. The van der Waals surface area contributed by atoms with Crippen LogP contribution in [0.4, 0.5) is 5.95 Å². The first-order valence-electron chi connectivity index (χ1n) is 7.49. The average Bonchev–Trinajstić information content (AvgIpc) is 3.00. The van der Waals surface area contributed by atoms with Crippen molar-refractivity contribution in [2.24, 2.45) is 0 Å². The highest BCUT2D eigenvalue weighted by Crippen LogP contribution is 2.20.